The van der Waals surface area contributed by atoms with Gasteiger partial charge in [-0.25, -0.2) is 9.38 Å². The molecule has 0 spiro atoms. The number of ether oxygens (including phenoxy) is 1. The maximum absolute atomic E-state index is 14.5. The maximum Gasteiger partial charge on any atom is 0.225 e. The summed E-state index contributed by atoms with van der Waals surface area (Å²) in [7, 11) is 1.58. The molecule has 0 aromatic heterocycles. The molecule has 184 valence electrons. The zero-order valence-corrected chi connectivity index (χ0v) is 20.6. The molecule has 1 aromatic carbocycles. The van der Waals surface area contributed by atoms with Crippen LogP contribution in [0, 0.1) is 29.0 Å². The van der Waals surface area contributed by atoms with Crippen LogP contribution >= 0.6 is 0 Å². The van der Waals surface area contributed by atoms with Crippen molar-refractivity contribution in [2.24, 2.45) is 33.3 Å². The molecule has 1 amide bonds. The van der Waals surface area contributed by atoms with E-state index in [4.69, 9.17) is 4.74 Å². The SMILES string of the molecule is CO/C(C)=C/N=C(\C)NC(=O)CC[C@@H]1C/C(=N\O)[C@@]2(C)CCC3c4cccc(F)c4CCC3C12. The van der Waals surface area contributed by atoms with Gasteiger partial charge in [0, 0.05) is 11.8 Å². The molecule has 3 unspecified atom stereocenters. The van der Waals surface area contributed by atoms with Crippen molar-refractivity contribution in [1.29, 1.82) is 0 Å². The minimum absolute atomic E-state index is 0.0655. The van der Waals surface area contributed by atoms with Gasteiger partial charge in [0.2, 0.25) is 5.91 Å². The zero-order chi connectivity index (χ0) is 24.5. The number of amidine groups is 1. The molecule has 0 saturated heterocycles. The van der Waals surface area contributed by atoms with Gasteiger partial charge in [0.25, 0.3) is 0 Å². The summed E-state index contributed by atoms with van der Waals surface area (Å²) in [6.45, 7) is 5.78. The fourth-order valence-corrected chi connectivity index (χ4v) is 6.93. The molecule has 0 radical (unpaired) electrons. The van der Waals surface area contributed by atoms with Gasteiger partial charge in [0.05, 0.1) is 19.0 Å². The predicted molar refractivity (Wildman–Crippen MR) is 130 cm³/mol. The van der Waals surface area contributed by atoms with Crippen LogP contribution in [0.1, 0.15) is 76.3 Å². The third-order valence-electron chi connectivity index (χ3n) is 8.54. The van der Waals surface area contributed by atoms with Gasteiger partial charge in [0.1, 0.15) is 17.4 Å². The first-order valence-electron chi connectivity index (χ1n) is 12.3. The molecular weight excluding hydrogens is 433 g/mol. The van der Waals surface area contributed by atoms with E-state index in [2.05, 4.69) is 28.5 Å². The number of benzene rings is 1. The van der Waals surface area contributed by atoms with Crippen LogP contribution in [0.2, 0.25) is 0 Å². The molecule has 3 aliphatic rings. The van der Waals surface area contributed by atoms with Crippen molar-refractivity contribution in [2.45, 2.75) is 71.6 Å². The number of hydrogen-bond donors (Lipinski definition) is 2. The highest BCUT2D eigenvalue weighted by atomic mass is 19.1. The van der Waals surface area contributed by atoms with Gasteiger partial charge in [-0.05, 0) is 93.2 Å². The smallest absolute Gasteiger partial charge is 0.225 e. The minimum atomic E-state index is -0.165. The van der Waals surface area contributed by atoms with Crippen molar-refractivity contribution < 1.29 is 19.1 Å². The van der Waals surface area contributed by atoms with Crippen LogP contribution in [0.15, 0.2) is 40.3 Å². The molecule has 34 heavy (non-hydrogen) atoms. The Morgan fingerprint density at radius 3 is 2.88 bits per heavy atom. The normalized spacial score (nSPS) is 32.1. The molecule has 1 aromatic rings. The number of hydrogen-bond acceptors (Lipinski definition) is 5. The Morgan fingerprint density at radius 1 is 1.35 bits per heavy atom. The summed E-state index contributed by atoms with van der Waals surface area (Å²) in [5, 5.41) is 16.4. The zero-order valence-electron chi connectivity index (χ0n) is 20.6. The summed E-state index contributed by atoms with van der Waals surface area (Å²) >= 11 is 0. The third kappa shape index (κ3) is 4.49. The highest BCUT2D eigenvalue weighted by Crippen LogP contribution is 2.62. The first-order valence-corrected chi connectivity index (χ1v) is 12.3. The molecule has 7 heteroatoms. The maximum atomic E-state index is 14.5. The Balaban J connectivity index is 1.50. The number of oxime groups is 1. The molecule has 2 saturated carbocycles. The number of rotatable bonds is 5. The summed E-state index contributed by atoms with van der Waals surface area (Å²) in [5.74, 6) is 2.36. The number of carbonyl (C=O) groups excluding carboxylic acids is 1. The molecule has 6 nitrogen and oxygen atoms in total. The van der Waals surface area contributed by atoms with Crippen molar-refractivity contribution in [2.75, 3.05) is 7.11 Å². The standard InChI is InChI=1S/C27H36FN3O3/c1-16(34-4)15-29-17(2)30-25(32)11-8-18-14-24(31-33)27(3)13-12-20-19-6-5-7-23(28)21(19)9-10-22(20)26(18)27/h5-7,15,18,20,22,26,33H,8-14H2,1-4H3,(H,29,30,32)/b16-15+,31-24+/t18-,20?,22?,26?,27-/m1/s1. The van der Waals surface area contributed by atoms with E-state index >= 15 is 0 Å². The lowest BCUT2D eigenvalue weighted by molar-refractivity contribution is -0.120. The van der Waals surface area contributed by atoms with Crippen LogP contribution < -0.4 is 5.32 Å². The van der Waals surface area contributed by atoms with Gasteiger partial charge >= 0.3 is 0 Å². The average molecular weight is 470 g/mol. The Labute approximate surface area is 201 Å². The van der Waals surface area contributed by atoms with E-state index in [1.165, 1.54) is 0 Å². The number of aliphatic imine (C=N–C) groups is 1. The van der Waals surface area contributed by atoms with Crippen LogP contribution in [0.4, 0.5) is 4.39 Å². The van der Waals surface area contributed by atoms with E-state index in [9.17, 15) is 14.4 Å². The van der Waals surface area contributed by atoms with Crippen LogP contribution in [-0.4, -0.2) is 29.8 Å². The number of amides is 1. The van der Waals surface area contributed by atoms with Crippen LogP contribution in [-0.2, 0) is 16.0 Å². The van der Waals surface area contributed by atoms with Crippen molar-refractivity contribution in [3.63, 3.8) is 0 Å². The summed E-state index contributed by atoms with van der Waals surface area (Å²) in [6, 6.07) is 5.49. The van der Waals surface area contributed by atoms with E-state index < -0.39 is 0 Å². The average Bonchev–Trinajstić information content (AvgIpc) is 3.12. The molecular formula is C27H36FN3O3. The van der Waals surface area contributed by atoms with Crippen LogP contribution in [0.5, 0.6) is 0 Å². The van der Waals surface area contributed by atoms with E-state index in [1.54, 1.807) is 33.2 Å². The van der Waals surface area contributed by atoms with Crippen LogP contribution in [0.3, 0.4) is 0 Å². The Bertz CT molecular complexity index is 1030. The largest absolute Gasteiger partial charge is 0.500 e. The van der Waals surface area contributed by atoms with E-state index in [1.807, 2.05) is 6.07 Å². The summed E-state index contributed by atoms with van der Waals surface area (Å²) in [5.41, 5.74) is 2.74. The van der Waals surface area contributed by atoms with Gasteiger partial charge in [-0.15, -0.1) is 0 Å². The first kappa shape index (κ1) is 24.4. The van der Waals surface area contributed by atoms with Crippen molar-refractivity contribution in [1.82, 2.24) is 5.32 Å². The van der Waals surface area contributed by atoms with Crippen molar-refractivity contribution >= 4 is 17.5 Å². The molecule has 5 atom stereocenters. The lowest BCUT2D eigenvalue weighted by atomic mass is 9.54. The van der Waals surface area contributed by atoms with E-state index in [0.717, 1.165) is 48.9 Å². The molecule has 2 N–H and O–H groups in total. The summed E-state index contributed by atoms with van der Waals surface area (Å²) < 4.78 is 19.5. The second kappa shape index (κ2) is 9.88. The third-order valence-corrected chi connectivity index (χ3v) is 8.54. The Hall–Kier alpha value is -2.70. The number of fused-ring (bicyclic) bond motifs is 5. The number of nitrogens with zero attached hydrogens (tertiary/aromatic N) is 2. The van der Waals surface area contributed by atoms with Crippen molar-refractivity contribution in [3.8, 4) is 0 Å². The predicted octanol–water partition coefficient (Wildman–Crippen LogP) is 5.56. The summed E-state index contributed by atoms with van der Waals surface area (Å²) in [6.07, 6.45) is 7.00. The number of allylic oxidation sites excluding steroid dienone is 1. The quantitative estimate of drug-likeness (QED) is 0.195. The van der Waals surface area contributed by atoms with E-state index in [0.29, 0.717) is 42.2 Å². The second-order valence-electron chi connectivity index (χ2n) is 10.4. The highest BCUT2D eigenvalue weighted by molar-refractivity contribution is 5.97. The van der Waals surface area contributed by atoms with Gasteiger partial charge in [-0.3, -0.25) is 4.79 Å². The number of carbonyl (C=O) groups is 1. The fraction of sp³-hybridized carbons (Fsp3) is 0.593. The topological polar surface area (TPSA) is 83.3 Å². The van der Waals surface area contributed by atoms with Gasteiger partial charge in [-0.1, -0.05) is 24.2 Å². The molecule has 0 heterocycles. The number of halogens is 1. The number of methoxy groups -OCH3 is 1. The monoisotopic (exact) mass is 469 g/mol. The van der Waals surface area contributed by atoms with Crippen LogP contribution in [0.25, 0.3) is 0 Å². The van der Waals surface area contributed by atoms with Crippen molar-refractivity contribution in [3.05, 3.63) is 47.1 Å². The lowest BCUT2D eigenvalue weighted by Gasteiger charge is -2.50. The first-order chi connectivity index (χ1) is 16.3. The molecule has 3 aliphatic carbocycles. The Morgan fingerprint density at radius 2 is 2.15 bits per heavy atom. The Kier molecular flexibility index (Phi) is 7.10. The van der Waals surface area contributed by atoms with Gasteiger partial charge in [0.15, 0.2) is 0 Å². The molecule has 4 rings (SSSR count). The van der Waals surface area contributed by atoms with Gasteiger partial charge < -0.3 is 15.3 Å². The highest BCUT2D eigenvalue weighted by Gasteiger charge is 2.57. The fourth-order valence-electron chi connectivity index (χ4n) is 6.93. The second-order valence-corrected chi connectivity index (χ2v) is 10.4. The molecule has 0 bridgehead atoms. The molecule has 2 fully saturated rings. The number of nitrogens with one attached hydrogen (secondary N) is 1. The lowest BCUT2D eigenvalue weighted by Crippen LogP contribution is -2.44. The molecule has 0 aliphatic heterocycles. The minimum Gasteiger partial charge on any atom is -0.500 e. The van der Waals surface area contributed by atoms with E-state index in [-0.39, 0.29) is 23.1 Å². The van der Waals surface area contributed by atoms with Gasteiger partial charge in [-0.2, -0.15) is 0 Å². The summed E-state index contributed by atoms with van der Waals surface area (Å²) in [4.78, 5) is 16.8.